The summed E-state index contributed by atoms with van der Waals surface area (Å²) in [6.07, 6.45) is 0. The van der Waals surface area contributed by atoms with E-state index in [4.69, 9.17) is 19.5 Å². The Balaban J connectivity index is 2.18. The second-order valence-electron chi connectivity index (χ2n) is 4.69. The van der Waals surface area contributed by atoms with Gasteiger partial charge in [0.05, 0.1) is 38.6 Å². The van der Waals surface area contributed by atoms with E-state index in [1.807, 2.05) is 6.07 Å². The molecule has 2 rings (SSSR count). The normalized spacial score (nSPS) is 9.58. The van der Waals surface area contributed by atoms with E-state index in [0.29, 0.717) is 34.2 Å². The lowest BCUT2D eigenvalue weighted by Crippen LogP contribution is -2.19. The van der Waals surface area contributed by atoms with Gasteiger partial charge in [0.15, 0.2) is 11.5 Å². The first-order valence-electron chi connectivity index (χ1n) is 6.99. The summed E-state index contributed by atoms with van der Waals surface area (Å²) in [6, 6.07) is 11.4. The van der Waals surface area contributed by atoms with Crippen LogP contribution in [0.1, 0.15) is 5.56 Å². The van der Waals surface area contributed by atoms with Gasteiger partial charge in [-0.3, -0.25) is 0 Å². The number of rotatable bonds is 5. The van der Waals surface area contributed by atoms with Gasteiger partial charge >= 0.3 is 6.03 Å². The highest BCUT2D eigenvalue weighted by molar-refractivity contribution is 6.00. The Bertz CT molecular complexity index is 759. The first-order valence-corrected chi connectivity index (χ1v) is 6.99. The van der Waals surface area contributed by atoms with Gasteiger partial charge in [-0.2, -0.15) is 5.26 Å². The Morgan fingerprint density at radius 2 is 1.58 bits per heavy atom. The zero-order chi connectivity index (χ0) is 17.5. The number of anilines is 2. The molecule has 0 aromatic heterocycles. The molecule has 0 saturated heterocycles. The zero-order valence-electron chi connectivity index (χ0n) is 13.5. The minimum Gasteiger partial charge on any atom is -0.493 e. The molecule has 2 N–H and O–H groups in total. The molecule has 0 fully saturated rings. The van der Waals surface area contributed by atoms with E-state index in [1.165, 1.54) is 21.3 Å². The molecule has 0 unspecified atom stereocenters. The Morgan fingerprint density at radius 1 is 0.958 bits per heavy atom. The molecule has 0 bridgehead atoms. The molecule has 124 valence electrons. The summed E-state index contributed by atoms with van der Waals surface area (Å²) in [4.78, 5) is 12.1. The maximum Gasteiger partial charge on any atom is 0.323 e. The van der Waals surface area contributed by atoms with Gasteiger partial charge in [0, 0.05) is 17.8 Å². The largest absolute Gasteiger partial charge is 0.493 e. The van der Waals surface area contributed by atoms with Gasteiger partial charge < -0.3 is 24.8 Å². The van der Waals surface area contributed by atoms with E-state index < -0.39 is 6.03 Å². The fraction of sp³-hybridized carbons (Fsp3) is 0.176. The monoisotopic (exact) mass is 327 g/mol. The number of urea groups is 1. The quantitative estimate of drug-likeness (QED) is 0.879. The van der Waals surface area contributed by atoms with E-state index in [0.717, 1.165) is 0 Å². The summed E-state index contributed by atoms with van der Waals surface area (Å²) in [5, 5.41) is 14.2. The zero-order valence-corrected chi connectivity index (χ0v) is 13.5. The molecule has 0 heterocycles. The predicted molar refractivity (Wildman–Crippen MR) is 89.9 cm³/mol. The highest BCUT2D eigenvalue weighted by Crippen LogP contribution is 2.39. The van der Waals surface area contributed by atoms with E-state index in [1.54, 1.807) is 36.4 Å². The van der Waals surface area contributed by atoms with E-state index >= 15 is 0 Å². The summed E-state index contributed by atoms with van der Waals surface area (Å²) >= 11 is 0. The lowest BCUT2D eigenvalue weighted by atomic mass is 10.2. The molecule has 2 amide bonds. The van der Waals surface area contributed by atoms with Crippen molar-refractivity contribution in [2.24, 2.45) is 0 Å². The van der Waals surface area contributed by atoms with Gasteiger partial charge in [-0.05, 0) is 18.2 Å². The van der Waals surface area contributed by atoms with Gasteiger partial charge in [0.1, 0.15) is 0 Å². The minimum absolute atomic E-state index is 0.429. The molecule has 7 heteroatoms. The number of nitrogens with one attached hydrogen (secondary N) is 2. The summed E-state index contributed by atoms with van der Waals surface area (Å²) in [5.41, 5.74) is 1.44. The molecule has 0 aliphatic carbocycles. The third-order valence-electron chi connectivity index (χ3n) is 3.17. The van der Waals surface area contributed by atoms with Crippen molar-refractivity contribution in [2.45, 2.75) is 0 Å². The van der Waals surface area contributed by atoms with Crippen molar-refractivity contribution in [1.29, 1.82) is 5.26 Å². The number of ether oxygens (including phenoxy) is 3. The van der Waals surface area contributed by atoms with Gasteiger partial charge in [-0.15, -0.1) is 0 Å². The average Bonchev–Trinajstić information content (AvgIpc) is 2.60. The smallest absolute Gasteiger partial charge is 0.323 e. The predicted octanol–water partition coefficient (Wildman–Crippen LogP) is 3.23. The molecule has 2 aromatic rings. The topological polar surface area (TPSA) is 92.6 Å². The molecule has 0 radical (unpaired) electrons. The van der Waals surface area contributed by atoms with Crippen LogP contribution in [0.2, 0.25) is 0 Å². The average molecular weight is 327 g/mol. The van der Waals surface area contributed by atoms with Gasteiger partial charge in [0.2, 0.25) is 5.75 Å². The Labute approximate surface area is 139 Å². The third-order valence-corrected chi connectivity index (χ3v) is 3.17. The third kappa shape index (κ3) is 3.87. The molecule has 2 aromatic carbocycles. The van der Waals surface area contributed by atoms with Crippen LogP contribution in [0.15, 0.2) is 36.4 Å². The van der Waals surface area contributed by atoms with Crippen molar-refractivity contribution < 1.29 is 19.0 Å². The standard InChI is InChI=1S/C17H17N3O4/c1-22-14-8-13(9-15(23-2)16(14)24-3)20-17(21)19-12-6-4-5-11(7-12)10-18/h4-9H,1-3H3,(H2,19,20,21). The van der Waals surface area contributed by atoms with Crippen molar-refractivity contribution in [3.05, 3.63) is 42.0 Å². The van der Waals surface area contributed by atoms with E-state index in [-0.39, 0.29) is 0 Å². The Kier molecular flexibility index (Phi) is 5.47. The highest BCUT2D eigenvalue weighted by Gasteiger charge is 2.14. The van der Waals surface area contributed by atoms with Gasteiger partial charge in [-0.1, -0.05) is 6.07 Å². The number of hydrogen-bond acceptors (Lipinski definition) is 5. The molecule has 0 atom stereocenters. The SMILES string of the molecule is COc1cc(NC(=O)Nc2cccc(C#N)c2)cc(OC)c1OC. The number of nitriles is 1. The number of carbonyl (C=O) groups excluding carboxylic acids is 1. The Morgan fingerprint density at radius 3 is 2.12 bits per heavy atom. The summed E-state index contributed by atoms with van der Waals surface area (Å²) in [6.45, 7) is 0. The molecular formula is C17H17N3O4. The lowest BCUT2D eigenvalue weighted by Gasteiger charge is -2.15. The number of methoxy groups -OCH3 is 3. The van der Waals surface area contributed by atoms with Gasteiger partial charge in [0.25, 0.3) is 0 Å². The molecule has 0 aliphatic rings. The van der Waals surface area contributed by atoms with Crippen molar-refractivity contribution in [1.82, 2.24) is 0 Å². The Hall–Kier alpha value is -3.40. The van der Waals surface area contributed by atoms with Crippen molar-refractivity contribution in [3.63, 3.8) is 0 Å². The van der Waals surface area contributed by atoms with Crippen LogP contribution >= 0.6 is 0 Å². The number of nitrogens with zero attached hydrogens (tertiary/aromatic N) is 1. The van der Waals surface area contributed by atoms with Crippen LogP contribution in [0.3, 0.4) is 0 Å². The molecule has 24 heavy (non-hydrogen) atoms. The van der Waals surface area contributed by atoms with Crippen LogP contribution in [-0.4, -0.2) is 27.4 Å². The minimum atomic E-state index is -0.459. The number of amides is 2. The summed E-state index contributed by atoms with van der Waals surface area (Å²) in [5.74, 6) is 1.30. The summed E-state index contributed by atoms with van der Waals surface area (Å²) < 4.78 is 15.7. The highest BCUT2D eigenvalue weighted by atomic mass is 16.5. The second-order valence-corrected chi connectivity index (χ2v) is 4.69. The van der Waals surface area contributed by atoms with E-state index in [9.17, 15) is 4.79 Å². The number of carbonyl (C=O) groups is 1. The fourth-order valence-electron chi connectivity index (χ4n) is 2.11. The van der Waals surface area contributed by atoms with Crippen molar-refractivity contribution >= 4 is 17.4 Å². The van der Waals surface area contributed by atoms with Crippen LogP contribution in [0.25, 0.3) is 0 Å². The van der Waals surface area contributed by atoms with Crippen molar-refractivity contribution in [3.8, 4) is 23.3 Å². The molecule has 7 nitrogen and oxygen atoms in total. The maximum atomic E-state index is 12.1. The van der Waals surface area contributed by atoms with Crippen LogP contribution in [0.4, 0.5) is 16.2 Å². The second kappa shape index (κ2) is 7.74. The number of benzene rings is 2. The molecular weight excluding hydrogens is 310 g/mol. The van der Waals surface area contributed by atoms with Crippen LogP contribution < -0.4 is 24.8 Å². The summed E-state index contributed by atoms with van der Waals surface area (Å²) in [7, 11) is 4.49. The molecule has 0 aliphatic heterocycles. The van der Waals surface area contributed by atoms with Crippen molar-refractivity contribution in [2.75, 3.05) is 32.0 Å². The number of hydrogen-bond donors (Lipinski definition) is 2. The van der Waals surface area contributed by atoms with Gasteiger partial charge in [-0.25, -0.2) is 4.79 Å². The lowest BCUT2D eigenvalue weighted by molar-refractivity contribution is 0.262. The first-order chi connectivity index (χ1) is 11.6. The molecule has 0 saturated carbocycles. The van der Waals surface area contributed by atoms with Crippen LogP contribution in [0, 0.1) is 11.3 Å². The first kappa shape index (κ1) is 17.0. The molecule has 0 spiro atoms. The maximum absolute atomic E-state index is 12.1. The fourth-order valence-corrected chi connectivity index (χ4v) is 2.11. The van der Waals surface area contributed by atoms with E-state index in [2.05, 4.69) is 10.6 Å². The van der Waals surface area contributed by atoms with Crippen LogP contribution in [-0.2, 0) is 0 Å². The van der Waals surface area contributed by atoms with Crippen LogP contribution in [0.5, 0.6) is 17.2 Å².